The van der Waals surface area contributed by atoms with Crippen molar-refractivity contribution in [3.8, 4) is 101 Å². The van der Waals surface area contributed by atoms with Gasteiger partial charge in [0.15, 0.2) is 0 Å². The van der Waals surface area contributed by atoms with Gasteiger partial charge in [0.25, 0.3) is 0 Å². The lowest BCUT2D eigenvalue weighted by Gasteiger charge is -2.24. The van der Waals surface area contributed by atoms with E-state index in [4.69, 9.17) is 9.97 Å². The van der Waals surface area contributed by atoms with Crippen LogP contribution < -0.4 is 5.46 Å². The summed E-state index contributed by atoms with van der Waals surface area (Å²) in [4.78, 5) is 9.98. The number of rotatable bonds is 9. The Kier molecular flexibility index (Phi) is 16.9. The van der Waals surface area contributed by atoms with Crippen LogP contribution in [-0.2, 0) is 10.8 Å². The molecule has 2 heterocycles. The molecule has 0 spiro atoms. The number of imidazole rings is 2. The highest BCUT2D eigenvalue weighted by atomic mass is 79.9. The predicted octanol–water partition coefficient (Wildman–Crippen LogP) is 25.7. The van der Waals surface area contributed by atoms with E-state index in [1.165, 1.54) is 132 Å². The SMILES string of the molecule is CC1(C)c2cc(-c3nc4ccccc4n3-c3ccccc3)ccc2-c2cc3c(-c4ccccc4)c4ccccc4c(-c4ccccc4)c3cc21.CC1(C)c2cc(Br)ccc2-c2cc3c(-c4ccccc4)c4ccccc4c(-c4ccccc4)c3cc21.OB(O)c1ccc(-c2nc3ccccc3n2-c2ccccc2)cc1.[HH]. The Balaban J connectivity index is 0.000000124. The number of hydrogen-bond donors (Lipinski definition) is 2. The molecule has 110 heavy (non-hydrogen) atoms. The van der Waals surface area contributed by atoms with E-state index in [9.17, 15) is 10.0 Å². The number of fused-ring (bicyclic) bond motifs is 12. The molecule has 0 amide bonds. The molecule has 21 rings (SSSR count). The Hall–Kier alpha value is -12.8. The molecule has 2 aliphatic rings. The molecule has 0 saturated heterocycles. The van der Waals surface area contributed by atoms with Crippen LogP contribution >= 0.6 is 15.9 Å². The second-order valence-electron chi connectivity index (χ2n) is 29.8. The molecule has 17 aromatic carbocycles. The minimum atomic E-state index is -1.47. The first kappa shape index (κ1) is 67.8. The van der Waals surface area contributed by atoms with Crippen LogP contribution in [0.25, 0.3) is 166 Å². The molecule has 0 atom stereocenters. The summed E-state index contributed by atoms with van der Waals surface area (Å²) in [5.41, 5.74) is 29.4. The first-order chi connectivity index (χ1) is 53.8. The number of benzene rings is 17. The van der Waals surface area contributed by atoms with Crippen LogP contribution in [0.15, 0.2) is 368 Å². The number of halogens is 1. The van der Waals surface area contributed by atoms with Crippen LogP contribution in [0.1, 0.15) is 51.4 Å². The van der Waals surface area contributed by atoms with Crippen molar-refractivity contribution < 1.29 is 11.5 Å². The summed E-state index contributed by atoms with van der Waals surface area (Å²) in [6.07, 6.45) is 0. The number of para-hydroxylation sites is 6. The summed E-state index contributed by atoms with van der Waals surface area (Å²) in [6, 6.07) is 129. The van der Waals surface area contributed by atoms with E-state index in [-0.39, 0.29) is 12.3 Å². The Bertz CT molecular complexity index is 6790. The van der Waals surface area contributed by atoms with Gasteiger partial charge in [-0.15, -0.1) is 0 Å². The topological polar surface area (TPSA) is 76.1 Å². The third-order valence-electron chi connectivity index (χ3n) is 22.7. The maximum atomic E-state index is 9.27. The van der Waals surface area contributed by atoms with Gasteiger partial charge in [0.1, 0.15) is 11.6 Å². The van der Waals surface area contributed by atoms with E-state index in [1.807, 2.05) is 66.7 Å². The second-order valence-corrected chi connectivity index (χ2v) is 30.7. The number of nitrogens with zero attached hydrogens (tertiary/aromatic N) is 4. The molecule has 19 aromatic rings. The van der Waals surface area contributed by atoms with Crippen LogP contribution in [0.3, 0.4) is 0 Å². The van der Waals surface area contributed by atoms with Crippen LogP contribution in [0.4, 0.5) is 0 Å². The van der Waals surface area contributed by atoms with Crippen LogP contribution in [0, 0.1) is 0 Å². The molecule has 0 aliphatic heterocycles. The molecule has 0 saturated carbocycles. The lowest BCUT2D eigenvalue weighted by molar-refractivity contribution is 0.426. The highest BCUT2D eigenvalue weighted by Gasteiger charge is 2.39. The fourth-order valence-electron chi connectivity index (χ4n) is 17.5. The maximum absolute atomic E-state index is 9.27. The van der Waals surface area contributed by atoms with Crippen molar-refractivity contribution in [2.45, 2.75) is 38.5 Å². The zero-order valence-corrected chi connectivity index (χ0v) is 62.9. The number of hydrogen-bond acceptors (Lipinski definition) is 4. The molecule has 0 bridgehead atoms. The summed E-state index contributed by atoms with van der Waals surface area (Å²) in [7, 11) is -1.47. The van der Waals surface area contributed by atoms with Crippen LogP contribution in [0.5, 0.6) is 0 Å². The Morgan fingerprint density at radius 2 is 0.591 bits per heavy atom. The monoisotopic (exact) mass is 1480 g/mol. The average Bonchev–Trinajstić information content (AvgIpc) is 1.63. The Morgan fingerprint density at radius 1 is 0.282 bits per heavy atom. The van der Waals surface area contributed by atoms with Crippen molar-refractivity contribution in [2.24, 2.45) is 0 Å². The maximum Gasteiger partial charge on any atom is 0.488 e. The van der Waals surface area contributed by atoms with Gasteiger partial charge in [-0.05, 0) is 229 Å². The summed E-state index contributed by atoms with van der Waals surface area (Å²) >= 11 is 3.72. The average molecular weight is 1480 g/mol. The van der Waals surface area contributed by atoms with Crippen molar-refractivity contribution in [2.75, 3.05) is 0 Å². The van der Waals surface area contributed by atoms with Gasteiger partial charge in [0.05, 0.1) is 22.1 Å². The molecule has 2 N–H and O–H groups in total. The van der Waals surface area contributed by atoms with Crippen molar-refractivity contribution in [1.82, 2.24) is 19.1 Å². The number of aromatic nitrogens is 4. The van der Waals surface area contributed by atoms with E-state index in [0.717, 1.165) is 60.7 Å². The smallest absolute Gasteiger partial charge is 0.423 e. The van der Waals surface area contributed by atoms with Crippen LogP contribution in [0.2, 0.25) is 0 Å². The summed E-state index contributed by atoms with van der Waals surface area (Å²) in [6.45, 7) is 9.48. The summed E-state index contributed by atoms with van der Waals surface area (Å²) < 4.78 is 5.54. The first-order valence-electron chi connectivity index (χ1n) is 37.6. The van der Waals surface area contributed by atoms with Gasteiger partial charge in [0.2, 0.25) is 0 Å². The normalized spacial score (nSPS) is 12.8. The van der Waals surface area contributed by atoms with Gasteiger partial charge in [-0.25, -0.2) is 9.97 Å². The predicted molar refractivity (Wildman–Crippen MR) is 466 cm³/mol. The second kappa shape index (κ2) is 27.4. The minimum Gasteiger partial charge on any atom is -0.423 e. The van der Waals surface area contributed by atoms with Gasteiger partial charge >= 0.3 is 7.12 Å². The first-order valence-corrected chi connectivity index (χ1v) is 38.4. The van der Waals surface area contributed by atoms with Gasteiger partial charge in [-0.3, -0.25) is 9.13 Å². The third-order valence-corrected chi connectivity index (χ3v) is 23.2. The minimum absolute atomic E-state index is 0. The molecule has 2 aromatic heterocycles. The molecule has 0 radical (unpaired) electrons. The molecule has 0 fully saturated rings. The fraction of sp³-hybridized carbons (Fsp3) is 0.0588. The van der Waals surface area contributed by atoms with Crippen molar-refractivity contribution in [1.29, 1.82) is 0 Å². The molecular weight excluding hydrogens is 1400 g/mol. The highest BCUT2D eigenvalue weighted by Crippen LogP contribution is 2.56. The molecule has 6 nitrogen and oxygen atoms in total. The van der Waals surface area contributed by atoms with Crippen molar-refractivity contribution >= 4 is 93.7 Å². The van der Waals surface area contributed by atoms with E-state index in [1.54, 1.807) is 12.1 Å². The van der Waals surface area contributed by atoms with Gasteiger partial charge in [-0.1, -0.05) is 317 Å². The van der Waals surface area contributed by atoms with Crippen molar-refractivity contribution in [3.63, 3.8) is 0 Å². The molecular formula is C102H76BBrN4O2. The summed E-state index contributed by atoms with van der Waals surface area (Å²) in [5, 5.41) is 28.9. The molecule has 0 unspecified atom stereocenters. The molecule has 2 aliphatic carbocycles. The van der Waals surface area contributed by atoms with Gasteiger partial charge < -0.3 is 10.0 Å². The van der Waals surface area contributed by atoms with Gasteiger partial charge in [0, 0.05) is 39.2 Å². The van der Waals surface area contributed by atoms with E-state index >= 15 is 0 Å². The van der Waals surface area contributed by atoms with E-state index in [2.05, 4.69) is 338 Å². The van der Waals surface area contributed by atoms with Gasteiger partial charge in [-0.2, -0.15) is 0 Å². The molecule has 526 valence electrons. The summed E-state index contributed by atoms with van der Waals surface area (Å²) in [5.74, 6) is 1.78. The van der Waals surface area contributed by atoms with E-state index < -0.39 is 7.12 Å². The Morgan fingerprint density at radius 3 is 0.982 bits per heavy atom. The fourth-order valence-corrected chi connectivity index (χ4v) is 17.9. The lowest BCUT2D eigenvalue weighted by Crippen LogP contribution is -2.29. The molecule has 8 heteroatoms. The highest BCUT2D eigenvalue weighted by molar-refractivity contribution is 9.10. The standard InChI is InChI=1S/C48H34N2.C35H25Br.C19H15BN2O2.H2/c1-48(2)41-28-33(47-49-43-24-14-15-25-44(43)50(47)34-20-10-5-11-21-34)26-27-35(41)38-29-39-40(30-42(38)48)46(32-18-8-4-9-19-32)37-23-13-12-22-36(37)45(39)31-16-6-3-7-17-31;1-35(2)31-19-24(36)17-18-25(31)28-20-29-30(21-32(28)35)34(23-13-7-4-8-14-23)27-16-10-9-15-26(27)33(29)22-11-5-3-6-12-22;23-20(24)15-12-10-14(11-13-15)19-21-17-8-4-5-9-18(17)22(19)16-6-2-1-3-7-16;/h3-30H,1-2H3;3-21H,1-2H3;1-13,23-24H;1H. The zero-order valence-electron chi connectivity index (χ0n) is 61.3. The van der Waals surface area contributed by atoms with E-state index in [0.29, 0.717) is 5.46 Å². The van der Waals surface area contributed by atoms with Crippen molar-refractivity contribution in [3.05, 3.63) is 391 Å². The largest absolute Gasteiger partial charge is 0.488 e. The van der Waals surface area contributed by atoms with Crippen LogP contribution in [-0.4, -0.2) is 36.3 Å². The lowest BCUT2D eigenvalue weighted by atomic mass is 9.79. The zero-order chi connectivity index (χ0) is 74.4. The quantitative estimate of drug-likeness (QED) is 0.112. The Labute approximate surface area is 650 Å². The third kappa shape index (κ3) is 11.5.